The number of allylic oxidation sites excluding steroid dienone is 6. The quantitative estimate of drug-likeness (QED) is 0.424. The Morgan fingerprint density at radius 3 is 2.26 bits per heavy atom. The summed E-state index contributed by atoms with van der Waals surface area (Å²) >= 11 is 0. The average Bonchev–Trinajstić information content (AvgIpc) is 2.91. The van der Waals surface area contributed by atoms with E-state index in [-0.39, 0.29) is 5.41 Å². The number of aliphatic hydroxyl groups excluding tert-OH is 1. The van der Waals surface area contributed by atoms with Crippen molar-refractivity contribution in [3.8, 4) is 0 Å². The molecule has 154 valence electrons. The van der Waals surface area contributed by atoms with Crippen LogP contribution in [0.2, 0.25) is 0 Å². The number of fused-ring (bicyclic) bond motifs is 5. The van der Waals surface area contributed by atoms with Gasteiger partial charge in [0.1, 0.15) is 0 Å². The highest BCUT2D eigenvalue weighted by atomic mass is 16.3. The van der Waals surface area contributed by atoms with Gasteiger partial charge in [0.15, 0.2) is 0 Å². The van der Waals surface area contributed by atoms with Gasteiger partial charge < -0.3 is 5.11 Å². The van der Waals surface area contributed by atoms with Crippen molar-refractivity contribution >= 4 is 0 Å². The van der Waals surface area contributed by atoms with E-state index in [9.17, 15) is 5.11 Å². The van der Waals surface area contributed by atoms with Crippen LogP contribution in [0.1, 0.15) is 94.4 Å². The Morgan fingerprint density at radius 2 is 1.63 bits per heavy atom. The molecule has 0 radical (unpaired) electrons. The molecule has 5 atom stereocenters. The zero-order valence-corrected chi connectivity index (χ0v) is 19.4. The van der Waals surface area contributed by atoms with Crippen LogP contribution in [0.4, 0.5) is 0 Å². The minimum Gasteiger partial charge on any atom is -0.512 e. The van der Waals surface area contributed by atoms with E-state index in [2.05, 4.69) is 52.8 Å². The molecule has 4 aliphatic rings. The maximum Gasteiger partial charge on any atom is 0.0926 e. The Hall–Kier alpha value is -0.980. The summed E-state index contributed by atoms with van der Waals surface area (Å²) in [4.78, 5) is 0. The molecule has 5 unspecified atom stereocenters. The second-order valence-electron chi connectivity index (χ2n) is 9.69. The molecule has 4 aliphatic carbocycles. The van der Waals surface area contributed by atoms with Gasteiger partial charge in [-0.2, -0.15) is 0 Å². The predicted molar refractivity (Wildman–Crippen MR) is 119 cm³/mol. The molecule has 1 nitrogen and oxygen atoms in total. The first kappa shape index (κ1) is 22.3. The van der Waals surface area contributed by atoms with Crippen LogP contribution in [0.3, 0.4) is 0 Å². The van der Waals surface area contributed by atoms with E-state index < -0.39 is 0 Å². The van der Waals surface area contributed by atoms with Gasteiger partial charge in [-0.1, -0.05) is 80.0 Å². The topological polar surface area (TPSA) is 20.2 Å². The third kappa shape index (κ3) is 3.14. The Kier molecular flexibility index (Phi) is 6.45. The highest BCUT2D eigenvalue weighted by Gasteiger charge is 2.60. The number of rotatable bonds is 0. The number of hydrogen-bond donors (Lipinski definition) is 1. The lowest BCUT2D eigenvalue weighted by Crippen LogP contribution is -2.49. The number of hydrogen-bond acceptors (Lipinski definition) is 1. The van der Waals surface area contributed by atoms with E-state index in [1.807, 2.05) is 27.7 Å². The van der Waals surface area contributed by atoms with Crippen molar-refractivity contribution in [2.45, 2.75) is 94.4 Å². The third-order valence-electron chi connectivity index (χ3n) is 8.64. The first-order valence-corrected chi connectivity index (χ1v) is 11.5. The fraction of sp³-hybridized carbons (Fsp3) is 0.769. The molecule has 1 N–H and O–H groups in total. The van der Waals surface area contributed by atoms with E-state index in [0.717, 1.165) is 24.7 Å². The first-order chi connectivity index (χ1) is 12.7. The molecular weight excluding hydrogens is 328 g/mol. The molecule has 1 fully saturated rings. The molecule has 0 aliphatic heterocycles. The lowest BCUT2D eigenvalue weighted by Gasteiger charge is -2.56. The molecule has 27 heavy (non-hydrogen) atoms. The normalized spacial score (nSPS) is 41.1. The largest absolute Gasteiger partial charge is 0.512 e. The van der Waals surface area contributed by atoms with Crippen molar-refractivity contribution in [3.63, 3.8) is 0 Å². The lowest BCUT2D eigenvalue weighted by molar-refractivity contribution is 0.00392. The second kappa shape index (κ2) is 7.80. The summed E-state index contributed by atoms with van der Waals surface area (Å²) in [6.45, 7) is 20.4. The fourth-order valence-corrected chi connectivity index (χ4v) is 6.61. The smallest absolute Gasteiger partial charge is 0.0926 e. The summed E-state index contributed by atoms with van der Waals surface area (Å²) < 4.78 is 0. The summed E-state index contributed by atoms with van der Waals surface area (Å²) in [5.41, 5.74) is 4.10. The second-order valence-corrected chi connectivity index (χ2v) is 9.69. The summed E-state index contributed by atoms with van der Waals surface area (Å²) in [6.07, 6.45) is 13.0. The molecule has 0 aromatic carbocycles. The van der Waals surface area contributed by atoms with Crippen LogP contribution >= 0.6 is 0 Å². The molecule has 0 heterocycles. The van der Waals surface area contributed by atoms with Crippen LogP contribution in [0.15, 0.2) is 35.1 Å². The molecule has 1 heteroatoms. The van der Waals surface area contributed by atoms with Crippen LogP contribution in [0.25, 0.3) is 0 Å². The zero-order chi connectivity index (χ0) is 20.6. The van der Waals surface area contributed by atoms with E-state index in [1.54, 1.807) is 5.57 Å². The summed E-state index contributed by atoms with van der Waals surface area (Å²) in [5, 5.41) is 9.97. The van der Waals surface area contributed by atoms with Crippen molar-refractivity contribution < 1.29 is 5.11 Å². The van der Waals surface area contributed by atoms with Gasteiger partial charge in [-0.05, 0) is 65.9 Å². The van der Waals surface area contributed by atoms with Gasteiger partial charge in [0.25, 0.3) is 0 Å². The van der Waals surface area contributed by atoms with Gasteiger partial charge in [-0.25, -0.2) is 0 Å². The predicted octanol–water partition coefficient (Wildman–Crippen LogP) is 8.25. The molecule has 0 aromatic heterocycles. The van der Waals surface area contributed by atoms with Crippen LogP contribution in [0.5, 0.6) is 0 Å². The van der Waals surface area contributed by atoms with Crippen molar-refractivity contribution in [3.05, 3.63) is 35.1 Å². The Morgan fingerprint density at radius 1 is 1.00 bits per heavy atom. The molecular formula is C26H44O. The van der Waals surface area contributed by atoms with Crippen molar-refractivity contribution in [2.75, 3.05) is 0 Å². The number of aliphatic hydroxyl groups is 1. The molecule has 0 aromatic rings. The fourth-order valence-electron chi connectivity index (χ4n) is 6.61. The monoisotopic (exact) mass is 372 g/mol. The first-order valence-electron chi connectivity index (χ1n) is 11.5. The average molecular weight is 373 g/mol. The van der Waals surface area contributed by atoms with Crippen molar-refractivity contribution in [1.82, 2.24) is 0 Å². The Bertz CT molecular complexity index is 635. The van der Waals surface area contributed by atoms with Crippen LogP contribution < -0.4 is 0 Å². The zero-order valence-electron chi connectivity index (χ0n) is 19.4. The maximum atomic E-state index is 9.97. The van der Waals surface area contributed by atoms with E-state index in [4.69, 9.17) is 0 Å². The van der Waals surface area contributed by atoms with Gasteiger partial charge in [0.2, 0.25) is 0 Å². The Balaban J connectivity index is 0.000000614. The van der Waals surface area contributed by atoms with Gasteiger partial charge >= 0.3 is 0 Å². The van der Waals surface area contributed by atoms with Crippen molar-refractivity contribution in [2.24, 2.45) is 34.0 Å². The molecule has 0 bridgehead atoms. The lowest BCUT2D eigenvalue weighted by atomic mass is 9.48. The van der Waals surface area contributed by atoms with Crippen LogP contribution in [-0.4, -0.2) is 5.11 Å². The van der Waals surface area contributed by atoms with Gasteiger partial charge in [0, 0.05) is 11.8 Å². The molecule has 4 rings (SSSR count). The third-order valence-corrected chi connectivity index (χ3v) is 8.64. The standard InChI is InChI=1S/C22H32O.2C2H6/c1-14-12-19-17(18-9-10-20(2,3)22(14,18)5)7-6-15-13-16(23)8-11-21(15,19)4;2*1-2/h6,12-14,17-18,23H,7-11H2,1-5H3;2*1-2H3. The SMILES string of the molecule is CC.CC.CC1C=C2C(CC=C3C=C(O)CCC32C)C2CCC(C)(C)C12C. The molecule has 0 amide bonds. The van der Waals surface area contributed by atoms with Gasteiger partial charge in [-0.15, -0.1) is 0 Å². The van der Waals surface area contributed by atoms with Gasteiger partial charge in [-0.3, -0.25) is 0 Å². The van der Waals surface area contributed by atoms with E-state index in [1.165, 1.54) is 24.8 Å². The molecule has 0 spiro atoms. The highest BCUT2D eigenvalue weighted by molar-refractivity contribution is 5.45. The highest BCUT2D eigenvalue weighted by Crippen LogP contribution is 2.68. The maximum absolute atomic E-state index is 9.97. The Labute approximate surface area is 169 Å². The van der Waals surface area contributed by atoms with Gasteiger partial charge in [0.05, 0.1) is 5.76 Å². The summed E-state index contributed by atoms with van der Waals surface area (Å²) in [5.74, 6) is 2.76. The van der Waals surface area contributed by atoms with E-state index in [0.29, 0.717) is 22.5 Å². The molecule has 1 saturated carbocycles. The van der Waals surface area contributed by atoms with E-state index >= 15 is 0 Å². The van der Waals surface area contributed by atoms with Crippen LogP contribution in [-0.2, 0) is 0 Å². The molecule has 0 saturated heterocycles. The van der Waals surface area contributed by atoms with Crippen molar-refractivity contribution in [1.29, 1.82) is 0 Å². The summed E-state index contributed by atoms with van der Waals surface area (Å²) in [7, 11) is 0. The summed E-state index contributed by atoms with van der Waals surface area (Å²) in [6, 6.07) is 0. The minimum atomic E-state index is 0.164. The van der Waals surface area contributed by atoms with Crippen LogP contribution in [0, 0.1) is 34.0 Å². The minimum absolute atomic E-state index is 0.164.